The van der Waals surface area contributed by atoms with Gasteiger partial charge in [0.2, 0.25) is 0 Å². The van der Waals surface area contributed by atoms with Crippen LogP contribution < -0.4 is 16.6 Å². The minimum atomic E-state index is -0.629. The van der Waals surface area contributed by atoms with Crippen LogP contribution in [0.3, 0.4) is 0 Å². The average molecular weight is 264 g/mol. The van der Waals surface area contributed by atoms with Gasteiger partial charge in [-0.3, -0.25) is 14.6 Å². The van der Waals surface area contributed by atoms with Crippen LogP contribution in [0.1, 0.15) is 29.6 Å². The second-order valence-electron chi connectivity index (χ2n) is 5.16. The third-order valence-electron chi connectivity index (χ3n) is 3.86. The molecule has 0 aliphatic carbocycles. The van der Waals surface area contributed by atoms with E-state index in [4.69, 9.17) is 0 Å². The molecular weight excluding hydrogens is 248 g/mol. The van der Waals surface area contributed by atoms with Crippen LogP contribution in [-0.4, -0.2) is 45.9 Å². The van der Waals surface area contributed by atoms with Gasteiger partial charge in [-0.2, -0.15) is 0 Å². The van der Waals surface area contributed by atoms with Gasteiger partial charge in [0, 0.05) is 31.4 Å². The Morgan fingerprint density at radius 2 is 2.00 bits per heavy atom. The predicted molar refractivity (Wildman–Crippen MR) is 68.1 cm³/mol. The van der Waals surface area contributed by atoms with Crippen molar-refractivity contribution in [2.75, 3.05) is 13.1 Å². The molecule has 0 aromatic carbocycles. The number of nitrogens with zero attached hydrogens (tertiary/aromatic N) is 1. The van der Waals surface area contributed by atoms with Gasteiger partial charge in [-0.05, 0) is 19.3 Å². The number of fused-ring (bicyclic) bond motifs is 2. The van der Waals surface area contributed by atoms with Crippen molar-refractivity contribution in [1.82, 2.24) is 20.2 Å². The number of aromatic nitrogens is 2. The van der Waals surface area contributed by atoms with Gasteiger partial charge in [0.05, 0.1) is 0 Å². The Morgan fingerprint density at radius 3 is 2.79 bits per heavy atom. The fourth-order valence-electron chi connectivity index (χ4n) is 2.87. The van der Waals surface area contributed by atoms with Gasteiger partial charge in [0.25, 0.3) is 11.5 Å². The molecule has 2 saturated heterocycles. The molecule has 7 nitrogen and oxygen atoms in total. The number of H-pyrrole nitrogens is 2. The van der Waals surface area contributed by atoms with Crippen molar-refractivity contribution in [3.63, 3.8) is 0 Å². The lowest BCUT2D eigenvalue weighted by Gasteiger charge is -2.23. The topological polar surface area (TPSA) is 98.1 Å². The lowest BCUT2D eigenvalue weighted by Crippen LogP contribution is -2.41. The Hall–Kier alpha value is -1.89. The maximum atomic E-state index is 12.3. The van der Waals surface area contributed by atoms with Crippen LogP contribution in [0.4, 0.5) is 0 Å². The molecule has 2 bridgehead atoms. The summed E-state index contributed by atoms with van der Waals surface area (Å²) in [4.78, 5) is 41.0. The second kappa shape index (κ2) is 4.65. The van der Waals surface area contributed by atoms with Gasteiger partial charge in [-0.1, -0.05) is 0 Å². The first-order chi connectivity index (χ1) is 9.13. The molecule has 2 unspecified atom stereocenters. The first-order valence-corrected chi connectivity index (χ1v) is 6.51. The molecule has 2 fully saturated rings. The molecule has 3 heterocycles. The second-order valence-corrected chi connectivity index (χ2v) is 5.16. The lowest BCUT2D eigenvalue weighted by molar-refractivity contribution is 0.0745. The minimum Gasteiger partial charge on any atom is -0.337 e. The molecule has 0 radical (unpaired) electrons. The number of hydrogen-bond donors (Lipinski definition) is 3. The molecule has 102 valence electrons. The van der Waals surface area contributed by atoms with E-state index in [0.717, 1.165) is 19.3 Å². The van der Waals surface area contributed by atoms with Crippen LogP contribution >= 0.6 is 0 Å². The summed E-state index contributed by atoms with van der Waals surface area (Å²) in [6, 6.07) is 0.801. The minimum absolute atomic E-state index is 0.00243. The number of amides is 1. The number of rotatable bonds is 1. The van der Waals surface area contributed by atoms with Crippen molar-refractivity contribution < 1.29 is 4.79 Å². The van der Waals surface area contributed by atoms with E-state index in [2.05, 4.69) is 15.3 Å². The molecule has 7 heteroatoms. The van der Waals surface area contributed by atoms with Gasteiger partial charge in [0.15, 0.2) is 0 Å². The molecule has 0 spiro atoms. The highest BCUT2D eigenvalue weighted by molar-refractivity contribution is 5.93. The smallest absolute Gasteiger partial charge is 0.325 e. The zero-order valence-corrected chi connectivity index (χ0v) is 10.4. The van der Waals surface area contributed by atoms with Crippen LogP contribution in [0.15, 0.2) is 15.8 Å². The van der Waals surface area contributed by atoms with Crippen molar-refractivity contribution in [1.29, 1.82) is 0 Å². The molecule has 2 aliphatic rings. The fraction of sp³-hybridized carbons (Fsp3) is 0.583. The third kappa shape index (κ3) is 2.33. The monoisotopic (exact) mass is 264 g/mol. The van der Waals surface area contributed by atoms with Crippen LogP contribution in [0, 0.1) is 0 Å². The van der Waals surface area contributed by atoms with E-state index >= 15 is 0 Å². The number of likely N-dealkylation sites (tertiary alicyclic amines) is 1. The van der Waals surface area contributed by atoms with Crippen molar-refractivity contribution >= 4 is 5.91 Å². The van der Waals surface area contributed by atoms with E-state index in [-0.39, 0.29) is 11.5 Å². The lowest BCUT2D eigenvalue weighted by atomic mass is 10.1. The highest BCUT2D eigenvalue weighted by Crippen LogP contribution is 2.20. The molecule has 1 aromatic heterocycles. The summed E-state index contributed by atoms with van der Waals surface area (Å²) in [5.41, 5.74) is -1.23. The third-order valence-corrected chi connectivity index (χ3v) is 3.86. The van der Waals surface area contributed by atoms with E-state index < -0.39 is 11.2 Å². The van der Waals surface area contributed by atoms with Crippen molar-refractivity contribution in [2.45, 2.75) is 31.3 Å². The van der Waals surface area contributed by atoms with Gasteiger partial charge in [-0.25, -0.2) is 4.79 Å². The van der Waals surface area contributed by atoms with Crippen LogP contribution in [0.2, 0.25) is 0 Å². The molecule has 19 heavy (non-hydrogen) atoms. The first kappa shape index (κ1) is 12.2. The standard InChI is InChI=1S/C12H16N4O3/c17-10-9(5-13-12(19)15-10)11(18)16-4-3-7-1-2-8(6-16)14-7/h5,7-8,14H,1-4,6H2,(H2,13,15,17,19). The fourth-order valence-corrected chi connectivity index (χ4v) is 2.87. The van der Waals surface area contributed by atoms with Gasteiger partial charge < -0.3 is 15.2 Å². The van der Waals surface area contributed by atoms with Crippen molar-refractivity contribution in [2.24, 2.45) is 0 Å². The number of aromatic amines is 2. The van der Waals surface area contributed by atoms with E-state index in [9.17, 15) is 14.4 Å². The Labute approximate surface area is 109 Å². The van der Waals surface area contributed by atoms with Gasteiger partial charge in [-0.15, -0.1) is 0 Å². The molecule has 1 amide bonds. The molecular formula is C12H16N4O3. The average Bonchev–Trinajstić information content (AvgIpc) is 2.68. The Kier molecular flexibility index (Phi) is 2.98. The van der Waals surface area contributed by atoms with E-state index in [1.165, 1.54) is 6.20 Å². The largest absolute Gasteiger partial charge is 0.337 e. The Bertz CT molecular complexity index is 605. The SMILES string of the molecule is O=C(c1c[nH]c(=O)[nH]c1=O)N1CCC2CCC(C1)N2. The summed E-state index contributed by atoms with van der Waals surface area (Å²) in [6.07, 6.45) is 4.33. The van der Waals surface area contributed by atoms with Crippen LogP contribution in [-0.2, 0) is 0 Å². The summed E-state index contributed by atoms with van der Waals surface area (Å²) in [5, 5.41) is 3.48. The van der Waals surface area contributed by atoms with E-state index in [1.807, 2.05) is 0 Å². The van der Waals surface area contributed by atoms with Gasteiger partial charge >= 0.3 is 5.69 Å². The summed E-state index contributed by atoms with van der Waals surface area (Å²) in [5.74, 6) is -0.313. The maximum Gasteiger partial charge on any atom is 0.325 e. The predicted octanol–water partition coefficient (Wildman–Crippen LogP) is -0.970. The van der Waals surface area contributed by atoms with Gasteiger partial charge in [0.1, 0.15) is 5.56 Å². The number of carbonyl (C=O) groups excluding carboxylic acids is 1. The Morgan fingerprint density at radius 1 is 1.21 bits per heavy atom. The normalized spacial score (nSPS) is 26.2. The highest BCUT2D eigenvalue weighted by atomic mass is 16.2. The summed E-state index contributed by atoms with van der Waals surface area (Å²) >= 11 is 0. The quantitative estimate of drug-likeness (QED) is 0.608. The molecule has 3 N–H and O–H groups in total. The summed E-state index contributed by atoms with van der Waals surface area (Å²) < 4.78 is 0. The summed E-state index contributed by atoms with van der Waals surface area (Å²) in [7, 11) is 0. The number of hydrogen-bond acceptors (Lipinski definition) is 4. The molecule has 1 aromatic rings. The highest BCUT2D eigenvalue weighted by Gasteiger charge is 2.32. The molecule has 3 rings (SSSR count). The van der Waals surface area contributed by atoms with Crippen molar-refractivity contribution in [3.8, 4) is 0 Å². The maximum absolute atomic E-state index is 12.3. The van der Waals surface area contributed by atoms with E-state index in [0.29, 0.717) is 25.2 Å². The van der Waals surface area contributed by atoms with Crippen LogP contribution in [0.5, 0.6) is 0 Å². The van der Waals surface area contributed by atoms with Crippen LogP contribution in [0.25, 0.3) is 0 Å². The zero-order valence-electron chi connectivity index (χ0n) is 10.4. The van der Waals surface area contributed by atoms with Crippen molar-refractivity contribution in [3.05, 3.63) is 32.6 Å². The molecule has 2 aliphatic heterocycles. The molecule has 0 saturated carbocycles. The van der Waals surface area contributed by atoms with E-state index in [1.54, 1.807) is 4.90 Å². The zero-order chi connectivity index (χ0) is 13.4. The number of nitrogens with one attached hydrogen (secondary N) is 3. The summed E-state index contributed by atoms with van der Waals surface area (Å²) in [6.45, 7) is 1.26. The molecule has 2 atom stereocenters. The number of carbonyl (C=O) groups is 1. The Balaban J connectivity index is 1.83. The first-order valence-electron chi connectivity index (χ1n) is 6.51.